The Labute approximate surface area is 112 Å². The van der Waals surface area contributed by atoms with E-state index in [-0.39, 0.29) is 11.9 Å². The standard InChI is InChI=1S/C16H18FNO/c1-10-6-12(17)9-13(7-10)18-11(2)8-14-15(18)4-3-5-16(14)19/h6-9,16,19H,3-5H2,1-2H3. The highest BCUT2D eigenvalue weighted by Crippen LogP contribution is 2.34. The predicted octanol–water partition coefficient (Wildman–Crippen LogP) is 3.60. The maximum absolute atomic E-state index is 13.6. The van der Waals surface area contributed by atoms with E-state index in [2.05, 4.69) is 4.57 Å². The largest absolute Gasteiger partial charge is 0.388 e. The minimum atomic E-state index is -0.377. The van der Waals surface area contributed by atoms with E-state index < -0.39 is 0 Å². The smallest absolute Gasteiger partial charge is 0.125 e. The summed E-state index contributed by atoms with van der Waals surface area (Å²) < 4.78 is 15.7. The summed E-state index contributed by atoms with van der Waals surface area (Å²) in [6.45, 7) is 3.90. The maximum atomic E-state index is 13.6. The molecule has 19 heavy (non-hydrogen) atoms. The molecule has 0 spiro atoms. The molecule has 1 heterocycles. The molecular formula is C16H18FNO. The van der Waals surface area contributed by atoms with Crippen molar-refractivity contribution >= 4 is 0 Å². The molecule has 0 amide bonds. The van der Waals surface area contributed by atoms with Crippen LogP contribution in [0.15, 0.2) is 24.3 Å². The summed E-state index contributed by atoms with van der Waals surface area (Å²) in [4.78, 5) is 0. The van der Waals surface area contributed by atoms with Crippen LogP contribution in [-0.2, 0) is 6.42 Å². The first-order chi connectivity index (χ1) is 9.06. The number of aliphatic hydroxyl groups is 1. The van der Waals surface area contributed by atoms with Crippen molar-refractivity contribution < 1.29 is 9.50 Å². The van der Waals surface area contributed by atoms with Crippen LogP contribution in [0.2, 0.25) is 0 Å². The van der Waals surface area contributed by atoms with Crippen molar-refractivity contribution in [1.82, 2.24) is 4.57 Å². The molecule has 1 aromatic carbocycles. The molecule has 3 rings (SSSR count). The summed E-state index contributed by atoms with van der Waals surface area (Å²) in [5, 5.41) is 10.1. The number of aromatic nitrogens is 1. The number of nitrogens with zero attached hydrogens (tertiary/aromatic N) is 1. The summed E-state index contributed by atoms with van der Waals surface area (Å²) >= 11 is 0. The molecule has 1 unspecified atom stereocenters. The average molecular weight is 259 g/mol. The Balaban J connectivity index is 2.20. The summed E-state index contributed by atoms with van der Waals surface area (Å²) in [6.07, 6.45) is 2.36. The minimum absolute atomic E-state index is 0.215. The van der Waals surface area contributed by atoms with Crippen LogP contribution < -0.4 is 0 Å². The van der Waals surface area contributed by atoms with Crippen LogP contribution in [0.1, 0.15) is 41.5 Å². The normalized spacial score (nSPS) is 18.4. The van der Waals surface area contributed by atoms with Crippen LogP contribution >= 0.6 is 0 Å². The first kappa shape index (κ1) is 12.4. The van der Waals surface area contributed by atoms with Crippen LogP contribution in [0.3, 0.4) is 0 Å². The lowest BCUT2D eigenvalue weighted by Gasteiger charge is -2.20. The Morgan fingerprint density at radius 3 is 2.74 bits per heavy atom. The molecule has 2 nitrogen and oxygen atoms in total. The van der Waals surface area contributed by atoms with Crippen LogP contribution in [0, 0.1) is 19.7 Å². The number of hydrogen-bond acceptors (Lipinski definition) is 1. The molecular weight excluding hydrogens is 241 g/mol. The van der Waals surface area contributed by atoms with E-state index in [9.17, 15) is 9.50 Å². The van der Waals surface area contributed by atoms with Gasteiger partial charge in [-0.2, -0.15) is 0 Å². The summed E-state index contributed by atoms with van der Waals surface area (Å²) in [5.41, 5.74) is 4.95. The Hall–Kier alpha value is -1.61. The zero-order chi connectivity index (χ0) is 13.6. The highest BCUT2D eigenvalue weighted by molar-refractivity contribution is 5.45. The average Bonchev–Trinajstić information content (AvgIpc) is 2.65. The Morgan fingerprint density at radius 2 is 2.00 bits per heavy atom. The van der Waals surface area contributed by atoms with Crippen molar-refractivity contribution in [3.63, 3.8) is 0 Å². The van der Waals surface area contributed by atoms with Crippen molar-refractivity contribution in [1.29, 1.82) is 0 Å². The number of aliphatic hydroxyl groups excluding tert-OH is 1. The van der Waals surface area contributed by atoms with Gasteiger partial charge in [0.25, 0.3) is 0 Å². The topological polar surface area (TPSA) is 25.2 Å². The fourth-order valence-corrected chi connectivity index (χ4v) is 3.08. The summed E-state index contributed by atoms with van der Waals surface area (Å²) in [5.74, 6) is -0.215. The maximum Gasteiger partial charge on any atom is 0.125 e. The van der Waals surface area contributed by atoms with Gasteiger partial charge in [0, 0.05) is 22.6 Å². The lowest BCUT2D eigenvalue weighted by molar-refractivity contribution is 0.156. The SMILES string of the molecule is Cc1cc(F)cc(-n2c(C)cc3c2CCCC3O)c1. The molecule has 0 saturated heterocycles. The predicted molar refractivity (Wildman–Crippen MR) is 73.1 cm³/mol. The van der Waals surface area contributed by atoms with Gasteiger partial charge in [-0.1, -0.05) is 0 Å². The third kappa shape index (κ3) is 2.08. The van der Waals surface area contributed by atoms with E-state index in [4.69, 9.17) is 0 Å². The van der Waals surface area contributed by atoms with Crippen LogP contribution in [0.25, 0.3) is 5.69 Å². The molecule has 1 N–H and O–H groups in total. The molecule has 0 saturated carbocycles. The highest BCUT2D eigenvalue weighted by atomic mass is 19.1. The minimum Gasteiger partial charge on any atom is -0.388 e. The number of benzene rings is 1. The molecule has 3 heteroatoms. The molecule has 1 aliphatic carbocycles. The molecule has 100 valence electrons. The lowest BCUT2D eigenvalue weighted by Crippen LogP contribution is -2.11. The first-order valence-corrected chi connectivity index (χ1v) is 6.73. The zero-order valence-corrected chi connectivity index (χ0v) is 11.3. The zero-order valence-electron chi connectivity index (χ0n) is 11.3. The van der Waals surface area contributed by atoms with Crippen LogP contribution in [0.4, 0.5) is 4.39 Å². The van der Waals surface area contributed by atoms with E-state index in [0.717, 1.165) is 47.5 Å². The molecule has 0 aliphatic heterocycles. The third-order valence-corrected chi connectivity index (χ3v) is 3.86. The molecule has 1 aliphatic rings. The van der Waals surface area contributed by atoms with Gasteiger partial charge in [0.1, 0.15) is 5.82 Å². The van der Waals surface area contributed by atoms with E-state index >= 15 is 0 Å². The quantitative estimate of drug-likeness (QED) is 0.831. The van der Waals surface area contributed by atoms with Crippen LogP contribution in [-0.4, -0.2) is 9.67 Å². The second kappa shape index (κ2) is 4.49. The van der Waals surface area contributed by atoms with Gasteiger partial charge >= 0.3 is 0 Å². The second-order valence-corrected chi connectivity index (χ2v) is 5.42. The van der Waals surface area contributed by atoms with Crippen molar-refractivity contribution in [2.75, 3.05) is 0 Å². The molecule has 0 fully saturated rings. The van der Waals surface area contributed by atoms with Crippen molar-refractivity contribution in [2.24, 2.45) is 0 Å². The van der Waals surface area contributed by atoms with Gasteiger partial charge in [-0.25, -0.2) is 4.39 Å². The number of hydrogen-bond donors (Lipinski definition) is 1. The van der Waals surface area contributed by atoms with E-state index in [1.54, 1.807) is 6.07 Å². The number of halogens is 1. The third-order valence-electron chi connectivity index (χ3n) is 3.86. The first-order valence-electron chi connectivity index (χ1n) is 6.73. The Kier molecular flexibility index (Phi) is 2.94. The highest BCUT2D eigenvalue weighted by Gasteiger charge is 2.23. The van der Waals surface area contributed by atoms with Crippen molar-refractivity contribution in [3.8, 4) is 5.69 Å². The van der Waals surface area contributed by atoms with Crippen molar-refractivity contribution in [3.05, 3.63) is 52.6 Å². The number of rotatable bonds is 1. The van der Waals surface area contributed by atoms with Crippen LogP contribution in [0.5, 0.6) is 0 Å². The Morgan fingerprint density at radius 1 is 1.21 bits per heavy atom. The molecule has 1 atom stereocenters. The van der Waals surface area contributed by atoms with Gasteiger partial charge in [0.15, 0.2) is 0 Å². The fourth-order valence-electron chi connectivity index (χ4n) is 3.08. The van der Waals surface area contributed by atoms with Gasteiger partial charge in [0.2, 0.25) is 0 Å². The molecule has 0 radical (unpaired) electrons. The monoisotopic (exact) mass is 259 g/mol. The Bertz CT molecular complexity index is 610. The van der Waals surface area contributed by atoms with Gasteiger partial charge < -0.3 is 9.67 Å². The number of fused-ring (bicyclic) bond motifs is 1. The molecule has 2 aromatic rings. The van der Waals surface area contributed by atoms with E-state index in [0.29, 0.717) is 0 Å². The van der Waals surface area contributed by atoms with Gasteiger partial charge in [0.05, 0.1) is 6.10 Å². The lowest BCUT2D eigenvalue weighted by atomic mass is 9.95. The molecule has 0 bridgehead atoms. The van der Waals surface area contributed by atoms with Gasteiger partial charge in [-0.15, -0.1) is 0 Å². The summed E-state index contributed by atoms with van der Waals surface area (Å²) in [7, 11) is 0. The van der Waals surface area contributed by atoms with Gasteiger partial charge in [-0.3, -0.25) is 0 Å². The molecule has 1 aromatic heterocycles. The van der Waals surface area contributed by atoms with E-state index in [1.165, 1.54) is 6.07 Å². The number of aryl methyl sites for hydroxylation is 2. The second-order valence-electron chi connectivity index (χ2n) is 5.42. The fraction of sp³-hybridized carbons (Fsp3) is 0.375. The van der Waals surface area contributed by atoms with E-state index in [1.807, 2.05) is 26.0 Å². The van der Waals surface area contributed by atoms with Gasteiger partial charge in [-0.05, 0) is 62.9 Å². The van der Waals surface area contributed by atoms with Crippen molar-refractivity contribution in [2.45, 2.75) is 39.2 Å². The summed E-state index contributed by atoms with van der Waals surface area (Å²) in [6, 6.07) is 7.10.